The summed E-state index contributed by atoms with van der Waals surface area (Å²) in [5.74, 6) is -0.487. The summed E-state index contributed by atoms with van der Waals surface area (Å²) in [6, 6.07) is 13.3. The summed E-state index contributed by atoms with van der Waals surface area (Å²) in [6.07, 6.45) is 0. The molecule has 28 heavy (non-hydrogen) atoms. The van der Waals surface area contributed by atoms with Crippen LogP contribution in [0.5, 0.6) is 0 Å². The standard InChI is InChI=1S/C19H11ClFN5OS/c20-13-3-1-2-11-8-14(22-16(11)13)17(27)23-18-24-19-26(25-18)15(9-28-19)10-4-6-12(21)7-5-10/h1-9,22H,(H,23,25,27). The molecule has 0 spiro atoms. The molecule has 0 saturated heterocycles. The highest BCUT2D eigenvalue weighted by atomic mass is 35.5. The maximum atomic E-state index is 13.2. The highest BCUT2D eigenvalue weighted by Crippen LogP contribution is 2.27. The van der Waals surface area contributed by atoms with Crippen molar-refractivity contribution in [3.63, 3.8) is 0 Å². The maximum absolute atomic E-state index is 13.2. The van der Waals surface area contributed by atoms with E-state index in [1.165, 1.54) is 23.5 Å². The third-order valence-corrected chi connectivity index (χ3v) is 5.43. The van der Waals surface area contributed by atoms with E-state index < -0.39 is 0 Å². The van der Waals surface area contributed by atoms with E-state index in [9.17, 15) is 9.18 Å². The first-order valence-electron chi connectivity index (χ1n) is 8.27. The van der Waals surface area contributed by atoms with Crippen molar-refractivity contribution >= 4 is 50.7 Å². The van der Waals surface area contributed by atoms with Crippen LogP contribution in [0.4, 0.5) is 10.3 Å². The number of benzene rings is 2. The van der Waals surface area contributed by atoms with Gasteiger partial charge in [-0.3, -0.25) is 10.1 Å². The molecule has 2 N–H and O–H groups in total. The number of anilines is 1. The first-order valence-corrected chi connectivity index (χ1v) is 9.53. The zero-order valence-corrected chi connectivity index (χ0v) is 15.7. The molecular formula is C19H11ClFN5OS. The van der Waals surface area contributed by atoms with Crippen LogP contribution in [0.3, 0.4) is 0 Å². The second kappa shape index (κ2) is 6.43. The molecule has 0 aliphatic carbocycles. The predicted octanol–water partition coefficient (Wildman–Crippen LogP) is 4.98. The van der Waals surface area contributed by atoms with Gasteiger partial charge in [0.1, 0.15) is 11.5 Å². The zero-order valence-electron chi connectivity index (χ0n) is 14.1. The van der Waals surface area contributed by atoms with Crippen molar-refractivity contribution in [2.75, 3.05) is 5.32 Å². The smallest absolute Gasteiger partial charge is 0.274 e. The number of halogens is 2. The van der Waals surface area contributed by atoms with Gasteiger partial charge in [-0.15, -0.1) is 16.4 Å². The molecule has 138 valence electrons. The van der Waals surface area contributed by atoms with Gasteiger partial charge in [0.15, 0.2) is 0 Å². The van der Waals surface area contributed by atoms with Crippen LogP contribution in [0, 0.1) is 5.82 Å². The Bertz CT molecular complexity index is 1340. The minimum absolute atomic E-state index is 0.185. The van der Waals surface area contributed by atoms with Crippen molar-refractivity contribution in [1.29, 1.82) is 0 Å². The normalized spacial score (nSPS) is 11.4. The number of nitrogens with zero attached hydrogens (tertiary/aromatic N) is 3. The van der Waals surface area contributed by atoms with Crippen molar-refractivity contribution < 1.29 is 9.18 Å². The van der Waals surface area contributed by atoms with Crippen LogP contribution in [0.2, 0.25) is 5.02 Å². The number of hydrogen-bond acceptors (Lipinski definition) is 4. The van der Waals surface area contributed by atoms with Crippen molar-refractivity contribution in [3.05, 3.63) is 70.4 Å². The van der Waals surface area contributed by atoms with Gasteiger partial charge in [-0.05, 0) is 36.4 Å². The van der Waals surface area contributed by atoms with Gasteiger partial charge in [-0.2, -0.15) is 4.98 Å². The van der Waals surface area contributed by atoms with Crippen LogP contribution in [0.25, 0.3) is 27.1 Å². The third-order valence-electron chi connectivity index (χ3n) is 4.30. The highest BCUT2D eigenvalue weighted by Gasteiger charge is 2.16. The van der Waals surface area contributed by atoms with Crippen LogP contribution in [-0.4, -0.2) is 25.5 Å². The molecule has 0 fully saturated rings. The molecule has 0 radical (unpaired) electrons. The molecule has 5 rings (SSSR count). The number of para-hydroxylation sites is 1. The molecule has 0 unspecified atom stereocenters. The molecule has 5 aromatic rings. The van der Waals surface area contributed by atoms with E-state index in [0.717, 1.165) is 16.6 Å². The topological polar surface area (TPSA) is 75.1 Å². The molecule has 0 atom stereocenters. The number of carbonyl (C=O) groups excluding carboxylic acids is 1. The number of nitrogens with one attached hydrogen (secondary N) is 2. The number of fused-ring (bicyclic) bond motifs is 2. The monoisotopic (exact) mass is 411 g/mol. The van der Waals surface area contributed by atoms with Crippen LogP contribution in [-0.2, 0) is 0 Å². The van der Waals surface area contributed by atoms with Crippen molar-refractivity contribution in [1.82, 2.24) is 19.6 Å². The number of amides is 1. The van der Waals surface area contributed by atoms with Crippen molar-refractivity contribution in [2.24, 2.45) is 0 Å². The van der Waals surface area contributed by atoms with E-state index in [-0.39, 0.29) is 17.7 Å². The summed E-state index contributed by atoms with van der Waals surface area (Å²) in [6.45, 7) is 0. The molecular weight excluding hydrogens is 401 g/mol. The summed E-state index contributed by atoms with van der Waals surface area (Å²) in [7, 11) is 0. The number of H-pyrrole nitrogens is 1. The number of rotatable bonds is 3. The quantitative estimate of drug-likeness (QED) is 0.439. The maximum Gasteiger partial charge on any atom is 0.274 e. The van der Waals surface area contributed by atoms with Gasteiger partial charge in [0, 0.05) is 16.3 Å². The largest absolute Gasteiger partial charge is 0.349 e. The summed E-state index contributed by atoms with van der Waals surface area (Å²) in [5, 5.41) is 10.3. The SMILES string of the molecule is O=C(Nc1nc2scc(-c3ccc(F)cc3)n2n1)c1cc2cccc(Cl)c2[nH]1. The summed E-state index contributed by atoms with van der Waals surface area (Å²) < 4.78 is 14.8. The predicted molar refractivity (Wildman–Crippen MR) is 108 cm³/mol. The van der Waals surface area contributed by atoms with Crippen LogP contribution in [0.1, 0.15) is 10.5 Å². The van der Waals surface area contributed by atoms with E-state index in [0.29, 0.717) is 21.2 Å². The Labute approximate surface area is 166 Å². The zero-order chi connectivity index (χ0) is 19.3. The Hall–Kier alpha value is -3.23. The van der Waals surface area contributed by atoms with Crippen LogP contribution >= 0.6 is 22.9 Å². The lowest BCUT2D eigenvalue weighted by atomic mass is 10.2. The summed E-state index contributed by atoms with van der Waals surface area (Å²) in [4.78, 5) is 20.5. The lowest BCUT2D eigenvalue weighted by Gasteiger charge is -1.99. The lowest BCUT2D eigenvalue weighted by molar-refractivity contribution is 0.102. The number of carbonyl (C=O) groups is 1. The van der Waals surface area contributed by atoms with Gasteiger partial charge < -0.3 is 4.98 Å². The van der Waals surface area contributed by atoms with Crippen LogP contribution in [0.15, 0.2) is 53.9 Å². The fraction of sp³-hybridized carbons (Fsp3) is 0. The van der Waals surface area contributed by atoms with Gasteiger partial charge >= 0.3 is 0 Å². The molecule has 0 aliphatic heterocycles. The van der Waals surface area contributed by atoms with Gasteiger partial charge in [0.2, 0.25) is 4.96 Å². The lowest BCUT2D eigenvalue weighted by Crippen LogP contribution is -2.13. The van der Waals surface area contributed by atoms with E-state index in [1.807, 2.05) is 17.5 Å². The second-order valence-corrected chi connectivity index (χ2v) is 7.34. The highest BCUT2D eigenvalue weighted by molar-refractivity contribution is 7.15. The Morgan fingerprint density at radius 3 is 2.82 bits per heavy atom. The van der Waals surface area contributed by atoms with Crippen molar-refractivity contribution in [2.45, 2.75) is 0 Å². The molecule has 2 aromatic carbocycles. The molecule has 0 bridgehead atoms. The molecule has 9 heteroatoms. The van der Waals surface area contributed by atoms with Gasteiger partial charge in [0.05, 0.1) is 16.2 Å². The van der Waals surface area contributed by atoms with E-state index >= 15 is 0 Å². The molecule has 6 nitrogen and oxygen atoms in total. The fourth-order valence-corrected chi connectivity index (χ4v) is 4.02. The minimum Gasteiger partial charge on any atom is -0.349 e. The Morgan fingerprint density at radius 2 is 2.04 bits per heavy atom. The van der Waals surface area contributed by atoms with Gasteiger partial charge in [-0.25, -0.2) is 8.91 Å². The second-order valence-electron chi connectivity index (χ2n) is 6.10. The van der Waals surface area contributed by atoms with Gasteiger partial charge in [0.25, 0.3) is 11.9 Å². The Kier molecular flexibility index (Phi) is 3.88. The third kappa shape index (κ3) is 2.83. The number of hydrogen-bond donors (Lipinski definition) is 2. The number of aromatic nitrogens is 4. The summed E-state index contributed by atoms with van der Waals surface area (Å²) >= 11 is 7.53. The average Bonchev–Trinajstić information content (AvgIpc) is 3.37. The molecule has 1 amide bonds. The Morgan fingerprint density at radius 1 is 1.21 bits per heavy atom. The molecule has 0 aliphatic rings. The minimum atomic E-state index is -0.367. The first-order chi connectivity index (χ1) is 13.6. The van der Waals surface area contributed by atoms with E-state index in [1.54, 1.807) is 28.8 Å². The fourth-order valence-electron chi connectivity index (χ4n) is 2.96. The summed E-state index contributed by atoms with van der Waals surface area (Å²) in [5.41, 5.74) is 2.64. The average molecular weight is 412 g/mol. The van der Waals surface area contributed by atoms with E-state index in [4.69, 9.17) is 11.6 Å². The molecule has 0 saturated carbocycles. The Balaban J connectivity index is 1.45. The first kappa shape index (κ1) is 16.9. The van der Waals surface area contributed by atoms with Crippen LogP contribution < -0.4 is 5.32 Å². The molecule has 3 heterocycles. The number of aromatic amines is 1. The van der Waals surface area contributed by atoms with E-state index in [2.05, 4.69) is 20.4 Å². The van der Waals surface area contributed by atoms with Gasteiger partial charge in [-0.1, -0.05) is 23.7 Å². The van der Waals surface area contributed by atoms with Crippen molar-refractivity contribution in [3.8, 4) is 11.3 Å². The molecule has 3 aromatic heterocycles. The number of thiazole rings is 1.